The minimum absolute atomic E-state index is 0.147. The Hall–Kier alpha value is -1.30. The maximum atomic E-state index is 11.6. The van der Waals surface area contributed by atoms with E-state index in [4.69, 9.17) is 10.00 Å². The molecule has 3 nitrogen and oxygen atoms in total. The Kier molecular flexibility index (Phi) is 11.0. The summed E-state index contributed by atoms with van der Waals surface area (Å²) in [7, 11) is 0. The predicted octanol–water partition coefficient (Wildman–Crippen LogP) is 4.39. The van der Waals surface area contributed by atoms with Crippen molar-refractivity contribution in [3.05, 3.63) is 11.6 Å². The van der Waals surface area contributed by atoms with Gasteiger partial charge in [-0.2, -0.15) is 5.26 Å². The van der Waals surface area contributed by atoms with Crippen LogP contribution < -0.4 is 0 Å². The van der Waals surface area contributed by atoms with Crippen LogP contribution in [0.5, 0.6) is 0 Å². The summed E-state index contributed by atoms with van der Waals surface area (Å²) in [5.41, 5.74) is 0.147. The van der Waals surface area contributed by atoms with Gasteiger partial charge in [0.05, 0.1) is 6.61 Å². The van der Waals surface area contributed by atoms with Gasteiger partial charge in [0.25, 0.3) is 0 Å². The number of hydrogen-bond acceptors (Lipinski definition) is 3. The highest BCUT2D eigenvalue weighted by molar-refractivity contribution is 5.92. The highest BCUT2D eigenvalue weighted by Gasteiger charge is 2.10. The number of carbonyl (C=O) groups is 1. The van der Waals surface area contributed by atoms with Crippen molar-refractivity contribution >= 4 is 5.97 Å². The van der Waals surface area contributed by atoms with Crippen molar-refractivity contribution in [2.75, 3.05) is 6.61 Å². The molecule has 0 aliphatic carbocycles. The molecule has 0 heterocycles. The summed E-state index contributed by atoms with van der Waals surface area (Å²) in [6, 6.07) is 1.92. The summed E-state index contributed by atoms with van der Waals surface area (Å²) in [4.78, 5) is 11.6. The zero-order chi connectivity index (χ0) is 14.5. The molecule has 0 aliphatic rings. The number of nitrogens with zero attached hydrogens (tertiary/aromatic N) is 1. The van der Waals surface area contributed by atoms with E-state index in [1.807, 2.05) is 19.9 Å². The standard InChI is InChI=1S/C16H27NO2/c1-4-5-6-7-8-9-10-11-15(12-17)16(18)19-13-14(2)3/h11,14H,4-10,13H2,1-3H3. The average molecular weight is 265 g/mol. The molecular weight excluding hydrogens is 238 g/mol. The van der Waals surface area contributed by atoms with Gasteiger partial charge in [-0.1, -0.05) is 59.0 Å². The van der Waals surface area contributed by atoms with Crippen molar-refractivity contribution < 1.29 is 9.53 Å². The van der Waals surface area contributed by atoms with Crippen LogP contribution in [0.25, 0.3) is 0 Å². The second kappa shape index (κ2) is 11.8. The second-order valence-electron chi connectivity index (χ2n) is 5.28. The normalized spacial score (nSPS) is 11.4. The smallest absolute Gasteiger partial charge is 0.348 e. The topological polar surface area (TPSA) is 50.1 Å². The van der Waals surface area contributed by atoms with Gasteiger partial charge in [0.1, 0.15) is 11.6 Å². The Labute approximate surface area is 117 Å². The number of esters is 1. The number of unbranched alkanes of at least 4 members (excludes halogenated alkanes) is 6. The summed E-state index contributed by atoms with van der Waals surface area (Å²) in [6.45, 7) is 6.51. The van der Waals surface area contributed by atoms with E-state index in [2.05, 4.69) is 6.92 Å². The third kappa shape index (κ3) is 10.3. The molecular formula is C16H27NO2. The first-order chi connectivity index (χ1) is 9.11. The van der Waals surface area contributed by atoms with E-state index in [-0.39, 0.29) is 5.57 Å². The first-order valence-corrected chi connectivity index (χ1v) is 7.39. The molecule has 0 amide bonds. The summed E-state index contributed by atoms with van der Waals surface area (Å²) < 4.78 is 5.04. The predicted molar refractivity (Wildman–Crippen MR) is 77.5 cm³/mol. The second-order valence-corrected chi connectivity index (χ2v) is 5.28. The molecule has 0 bridgehead atoms. The van der Waals surface area contributed by atoms with E-state index in [0.29, 0.717) is 12.5 Å². The van der Waals surface area contributed by atoms with Crippen LogP contribution in [0, 0.1) is 17.2 Å². The van der Waals surface area contributed by atoms with Crippen LogP contribution in [0.4, 0.5) is 0 Å². The molecule has 0 saturated carbocycles. The van der Waals surface area contributed by atoms with Crippen molar-refractivity contribution in [3.63, 3.8) is 0 Å². The molecule has 0 atom stereocenters. The number of rotatable bonds is 10. The van der Waals surface area contributed by atoms with Crippen molar-refractivity contribution in [2.24, 2.45) is 5.92 Å². The first kappa shape index (κ1) is 17.7. The highest BCUT2D eigenvalue weighted by Crippen LogP contribution is 2.09. The van der Waals surface area contributed by atoms with Crippen molar-refractivity contribution in [3.8, 4) is 6.07 Å². The Morgan fingerprint density at radius 3 is 2.42 bits per heavy atom. The number of ether oxygens (including phenoxy) is 1. The summed E-state index contributed by atoms with van der Waals surface area (Å²) in [6.07, 6.45) is 9.75. The number of carbonyl (C=O) groups excluding carboxylic acids is 1. The third-order valence-corrected chi connectivity index (χ3v) is 2.79. The summed E-state index contributed by atoms with van der Waals surface area (Å²) >= 11 is 0. The molecule has 0 radical (unpaired) electrons. The van der Waals surface area contributed by atoms with E-state index in [1.54, 1.807) is 6.08 Å². The molecule has 0 spiro atoms. The Morgan fingerprint density at radius 1 is 1.21 bits per heavy atom. The van der Waals surface area contributed by atoms with E-state index in [9.17, 15) is 4.79 Å². The van der Waals surface area contributed by atoms with Crippen LogP contribution in [-0.4, -0.2) is 12.6 Å². The Morgan fingerprint density at radius 2 is 1.84 bits per heavy atom. The number of hydrogen-bond donors (Lipinski definition) is 0. The largest absolute Gasteiger partial charge is 0.461 e. The molecule has 0 aromatic rings. The molecule has 0 aromatic carbocycles. The molecule has 0 fully saturated rings. The van der Waals surface area contributed by atoms with Gasteiger partial charge in [-0.3, -0.25) is 0 Å². The van der Waals surface area contributed by atoms with Gasteiger partial charge in [0.2, 0.25) is 0 Å². The van der Waals surface area contributed by atoms with Gasteiger partial charge in [-0.15, -0.1) is 0 Å². The minimum atomic E-state index is -0.484. The monoisotopic (exact) mass is 265 g/mol. The van der Waals surface area contributed by atoms with Crippen LogP contribution in [0.2, 0.25) is 0 Å². The van der Waals surface area contributed by atoms with Gasteiger partial charge < -0.3 is 4.74 Å². The minimum Gasteiger partial charge on any atom is -0.461 e. The van der Waals surface area contributed by atoms with Gasteiger partial charge >= 0.3 is 5.97 Å². The molecule has 108 valence electrons. The van der Waals surface area contributed by atoms with E-state index in [1.165, 1.54) is 25.7 Å². The number of allylic oxidation sites excluding steroid dienone is 1. The van der Waals surface area contributed by atoms with Crippen LogP contribution >= 0.6 is 0 Å². The van der Waals surface area contributed by atoms with Crippen molar-refractivity contribution in [2.45, 2.75) is 65.7 Å². The lowest BCUT2D eigenvalue weighted by Gasteiger charge is -2.06. The van der Waals surface area contributed by atoms with Gasteiger partial charge in [0, 0.05) is 0 Å². The number of nitriles is 1. The molecule has 0 aliphatic heterocycles. The fourth-order valence-electron chi connectivity index (χ4n) is 1.67. The maximum Gasteiger partial charge on any atom is 0.348 e. The fraction of sp³-hybridized carbons (Fsp3) is 0.750. The van der Waals surface area contributed by atoms with Crippen molar-refractivity contribution in [1.82, 2.24) is 0 Å². The zero-order valence-corrected chi connectivity index (χ0v) is 12.6. The van der Waals surface area contributed by atoms with Crippen molar-refractivity contribution in [1.29, 1.82) is 5.26 Å². The molecule has 0 rings (SSSR count). The molecule has 0 unspecified atom stereocenters. The third-order valence-electron chi connectivity index (χ3n) is 2.79. The summed E-state index contributed by atoms with van der Waals surface area (Å²) in [5.74, 6) is -0.190. The summed E-state index contributed by atoms with van der Waals surface area (Å²) in [5, 5.41) is 8.92. The van der Waals surface area contributed by atoms with Crippen LogP contribution in [0.3, 0.4) is 0 Å². The lowest BCUT2D eigenvalue weighted by atomic mass is 10.1. The maximum absolute atomic E-state index is 11.6. The van der Waals surface area contributed by atoms with Crippen LogP contribution in [-0.2, 0) is 9.53 Å². The molecule has 0 saturated heterocycles. The average Bonchev–Trinajstić information content (AvgIpc) is 2.39. The fourth-order valence-corrected chi connectivity index (χ4v) is 1.67. The highest BCUT2D eigenvalue weighted by atomic mass is 16.5. The molecule has 19 heavy (non-hydrogen) atoms. The van der Waals surface area contributed by atoms with Crippen LogP contribution in [0.15, 0.2) is 11.6 Å². The van der Waals surface area contributed by atoms with Crippen LogP contribution in [0.1, 0.15) is 65.7 Å². The Balaban J connectivity index is 3.86. The molecule has 0 aromatic heterocycles. The SMILES string of the molecule is CCCCCCCCC=C(C#N)C(=O)OCC(C)C. The van der Waals surface area contributed by atoms with Gasteiger partial charge in [-0.05, 0) is 18.8 Å². The Bertz CT molecular complexity index is 313. The molecule has 3 heteroatoms. The lowest BCUT2D eigenvalue weighted by molar-refractivity contribution is -0.139. The quantitative estimate of drug-likeness (QED) is 0.255. The van der Waals surface area contributed by atoms with Gasteiger partial charge in [-0.25, -0.2) is 4.79 Å². The van der Waals surface area contributed by atoms with Gasteiger partial charge in [0.15, 0.2) is 0 Å². The first-order valence-electron chi connectivity index (χ1n) is 7.39. The lowest BCUT2D eigenvalue weighted by Crippen LogP contribution is -2.11. The van der Waals surface area contributed by atoms with E-state index in [0.717, 1.165) is 19.3 Å². The zero-order valence-electron chi connectivity index (χ0n) is 12.6. The van der Waals surface area contributed by atoms with E-state index >= 15 is 0 Å². The molecule has 0 N–H and O–H groups in total. The van der Waals surface area contributed by atoms with E-state index < -0.39 is 5.97 Å².